The van der Waals surface area contributed by atoms with Gasteiger partial charge in [0.05, 0.1) is 16.8 Å². The summed E-state index contributed by atoms with van der Waals surface area (Å²) < 4.78 is 0. The molecule has 0 saturated carbocycles. The van der Waals surface area contributed by atoms with Gasteiger partial charge in [0.15, 0.2) is 5.78 Å². The smallest absolute Gasteiger partial charge is 0.273 e. The van der Waals surface area contributed by atoms with E-state index in [1.807, 2.05) is 13.0 Å². The molecule has 0 bridgehead atoms. The van der Waals surface area contributed by atoms with Crippen molar-refractivity contribution in [2.75, 3.05) is 6.54 Å². The second kappa shape index (κ2) is 8.78. The van der Waals surface area contributed by atoms with Crippen LogP contribution in [0.4, 0.5) is 5.69 Å². The van der Waals surface area contributed by atoms with Gasteiger partial charge >= 0.3 is 0 Å². The van der Waals surface area contributed by atoms with Crippen LogP contribution in [0, 0.1) is 22.0 Å². The lowest BCUT2D eigenvalue weighted by molar-refractivity contribution is -0.384. The van der Waals surface area contributed by atoms with Gasteiger partial charge in [-0.25, -0.2) is 5.01 Å². The molecule has 0 unspecified atom stereocenters. The first-order valence-corrected chi connectivity index (χ1v) is 10.5. The molecule has 3 amide bonds. The number of nitrogens with zero attached hydrogens (tertiary/aromatic N) is 3. The van der Waals surface area contributed by atoms with E-state index in [2.05, 4.69) is 0 Å². The lowest BCUT2D eigenvalue weighted by Crippen LogP contribution is -2.52. The van der Waals surface area contributed by atoms with Gasteiger partial charge in [-0.15, -0.1) is 0 Å². The van der Waals surface area contributed by atoms with E-state index >= 15 is 0 Å². The molecule has 1 aliphatic carbocycles. The number of nitro benzene ring substituents is 1. The lowest BCUT2D eigenvalue weighted by atomic mass is 9.82. The summed E-state index contributed by atoms with van der Waals surface area (Å²) in [6.07, 6.45) is 2.72. The van der Waals surface area contributed by atoms with Crippen LogP contribution in [-0.4, -0.2) is 45.0 Å². The largest absolute Gasteiger partial charge is 0.292 e. The molecule has 0 N–H and O–H groups in total. The Labute approximate surface area is 189 Å². The Kier molecular flexibility index (Phi) is 5.87. The van der Waals surface area contributed by atoms with Gasteiger partial charge in [-0.3, -0.25) is 29.3 Å². The quantitative estimate of drug-likeness (QED) is 0.221. The molecule has 168 valence electrons. The topological polar surface area (TPSA) is 118 Å². The number of benzene rings is 2. The van der Waals surface area contributed by atoms with Gasteiger partial charge in [-0.05, 0) is 31.9 Å². The predicted octanol–water partition coefficient (Wildman–Crippen LogP) is 3.18. The zero-order valence-corrected chi connectivity index (χ0v) is 17.8. The number of ketones is 1. The monoisotopic (exact) mass is 447 g/mol. The molecule has 0 radical (unpaired) electrons. The third-order valence-electron chi connectivity index (χ3n) is 5.99. The third kappa shape index (κ3) is 4.17. The average molecular weight is 447 g/mol. The molecule has 1 aliphatic heterocycles. The van der Waals surface area contributed by atoms with Crippen molar-refractivity contribution in [2.24, 2.45) is 11.8 Å². The van der Waals surface area contributed by atoms with E-state index in [4.69, 9.17) is 0 Å². The van der Waals surface area contributed by atoms with Gasteiger partial charge < -0.3 is 0 Å². The highest BCUT2D eigenvalue weighted by Crippen LogP contribution is 2.38. The Bertz CT molecular complexity index is 1170. The van der Waals surface area contributed by atoms with Crippen molar-refractivity contribution < 1.29 is 24.1 Å². The molecule has 2 aromatic carbocycles. The van der Waals surface area contributed by atoms with Crippen molar-refractivity contribution in [3.63, 3.8) is 0 Å². The number of Topliss-reactive ketones (excluding diaryl/α,β-unsaturated/α-hetero) is 1. The number of carbonyl (C=O) groups excluding carboxylic acids is 4. The van der Waals surface area contributed by atoms with Crippen LogP contribution >= 0.6 is 0 Å². The van der Waals surface area contributed by atoms with Crippen LogP contribution in [0.2, 0.25) is 0 Å². The van der Waals surface area contributed by atoms with E-state index in [1.165, 1.54) is 12.1 Å². The average Bonchev–Trinajstić information content (AvgIpc) is 3.06. The first-order chi connectivity index (χ1) is 15.8. The van der Waals surface area contributed by atoms with Crippen molar-refractivity contribution in [1.29, 1.82) is 0 Å². The lowest BCUT2D eigenvalue weighted by Gasteiger charge is -2.30. The van der Waals surface area contributed by atoms with Gasteiger partial charge in [0.2, 0.25) is 0 Å². The molecule has 1 fully saturated rings. The van der Waals surface area contributed by atoms with Gasteiger partial charge in [0, 0.05) is 23.3 Å². The minimum atomic E-state index is -0.765. The van der Waals surface area contributed by atoms with E-state index < -0.39 is 46.8 Å². The number of allylic oxidation sites excluding steroid dienone is 2. The van der Waals surface area contributed by atoms with Crippen LogP contribution in [-0.2, 0) is 9.59 Å². The summed E-state index contributed by atoms with van der Waals surface area (Å²) in [5, 5.41) is 12.6. The van der Waals surface area contributed by atoms with Crippen molar-refractivity contribution in [3.05, 3.63) is 87.5 Å². The number of fused-ring (bicyclic) bond motifs is 1. The molecule has 1 saturated heterocycles. The van der Waals surface area contributed by atoms with Gasteiger partial charge in [0.25, 0.3) is 23.4 Å². The highest BCUT2D eigenvalue weighted by Gasteiger charge is 2.51. The fourth-order valence-corrected chi connectivity index (χ4v) is 4.22. The van der Waals surface area contributed by atoms with Crippen LogP contribution in [0.15, 0.2) is 66.2 Å². The molecule has 2 aromatic rings. The molecular weight excluding hydrogens is 426 g/mol. The molecular formula is C24H21N3O6. The predicted molar refractivity (Wildman–Crippen MR) is 117 cm³/mol. The maximum atomic E-state index is 13.4. The van der Waals surface area contributed by atoms with Gasteiger partial charge in [-0.1, -0.05) is 42.0 Å². The third-order valence-corrected chi connectivity index (χ3v) is 5.99. The number of carbonyl (C=O) groups is 4. The summed E-state index contributed by atoms with van der Waals surface area (Å²) in [4.78, 5) is 63.1. The number of imide groups is 1. The van der Waals surface area contributed by atoms with Crippen LogP contribution in [0.5, 0.6) is 0 Å². The Morgan fingerprint density at radius 3 is 2.27 bits per heavy atom. The second-order valence-corrected chi connectivity index (χ2v) is 8.15. The molecule has 2 aliphatic rings. The Morgan fingerprint density at radius 2 is 1.64 bits per heavy atom. The molecule has 1 heterocycles. The van der Waals surface area contributed by atoms with Gasteiger partial charge in [-0.2, -0.15) is 5.01 Å². The second-order valence-electron chi connectivity index (χ2n) is 8.15. The summed E-state index contributed by atoms with van der Waals surface area (Å²) in [6, 6.07) is 13.0. The van der Waals surface area contributed by atoms with Crippen molar-refractivity contribution in [2.45, 2.75) is 19.8 Å². The maximum Gasteiger partial charge on any atom is 0.273 e. The number of non-ortho nitro benzene ring substituents is 1. The highest BCUT2D eigenvalue weighted by atomic mass is 16.6. The summed E-state index contributed by atoms with van der Waals surface area (Å²) in [6.45, 7) is 1.36. The summed E-state index contributed by atoms with van der Waals surface area (Å²) in [7, 11) is 0. The zero-order valence-electron chi connectivity index (χ0n) is 17.8. The highest BCUT2D eigenvalue weighted by molar-refractivity contribution is 6.09. The Hall–Kier alpha value is -4.14. The standard InChI is InChI=1S/C24H21N3O6/c1-15-7-12-19-20(13-15)24(31)26(23(19)30)25(14-21(28)16-5-3-2-4-6-16)22(29)17-8-10-18(11-9-17)27(32)33/h2-11,19-20H,12-14H2,1H3/t19-,20-/m0/s1. The Morgan fingerprint density at radius 1 is 1.00 bits per heavy atom. The van der Waals surface area contributed by atoms with E-state index in [-0.39, 0.29) is 11.3 Å². The molecule has 2 atom stereocenters. The number of nitro groups is 1. The van der Waals surface area contributed by atoms with Crippen LogP contribution in [0.1, 0.15) is 40.5 Å². The fourth-order valence-electron chi connectivity index (χ4n) is 4.22. The molecule has 0 aromatic heterocycles. The first-order valence-electron chi connectivity index (χ1n) is 10.5. The van der Waals surface area contributed by atoms with Gasteiger partial charge in [0.1, 0.15) is 6.54 Å². The van der Waals surface area contributed by atoms with E-state index in [0.717, 1.165) is 27.7 Å². The summed E-state index contributed by atoms with van der Waals surface area (Å²) in [5.41, 5.74) is 1.13. The molecule has 4 rings (SSSR count). The normalized spacial score (nSPS) is 19.7. The van der Waals surface area contributed by atoms with E-state index in [0.29, 0.717) is 18.4 Å². The van der Waals surface area contributed by atoms with E-state index in [1.54, 1.807) is 30.3 Å². The molecule has 33 heavy (non-hydrogen) atoms. The minimum absolute atomic E-state index is 0.0197. The Balaban J connectivity index is 1.69. The molecule has 9 heteroatoms. The number of hydrogen-bond acceptors (Lipinski definition) is 6. The van der Waals surface area contributed by atoms with Crippen molar-refractivity contribution in [1.82, 2.24) is 10.0 Å². The van der Waals surface area contributed by atoms with Crippen LogP contribution in [0.3, 0.4) is 0 Å². The minimum Gasteiger partial charge on any atom is -0.292 e. The number of rotatable bonds is 6. The van der Waals surface area contributed by atoms with E-state index in [9.17, 15) is 29.3 Å². The molecule has 9 nitrogen and oxygen atoms in total. The number of hydrogen-bond donors (Lipinski definition) is 0. The number of amides is 3. The summed E-state index contributed by atoms with van der Waals surface area (Å²) >= 11 is 0. The number of hydrazine groups is 1. The maximum absolute atomic E-state index is 13.4. The van der Waals surface area contributed by atoms with Crippen LogP contribution in [0.25, 0.3) is 0 Å². The fraction of sp³-hybridized carbons (Fsp3) is 0.250. The van der Waals surface area contributed by atoms with Crippen molar-refractivity contribution >= 4 is 29.2 Å². The van der Waals surface area contributed by atoms with Crippen molar-refractivity contribution in [3.8, 4) is 0 Å². The summed E-state index contributed by atoms with van der Waals surface area (Å²) in [5.74, 6) is -3.42. The van der Waals surface area contributed by atoms with Crippen LogP contribution < -0.4 is 0 Å². The first kappa shape index (κ1) is 22.1. The SMILES string of the molecule is CC1=CC[C@@H]2C(=O)N(N(CC(=O)c3ccccc3)C(=O)c3ccc([N+](=O)[O-])cc3)C(=O)[C@H]2C1. The zero-order chi connectivity index (χ0) is 23.7. The molecule has 0 spiro atoms.